The number of aromatic nitrogens is 1. The van der Waals surface area contributed by atoms with E-state index in [1.165, 1.54) is 24.3 Å². The molecular weight excluding hydrogens is 359 g/mol. The van der Waals surface area contributed by atoms with Crippen molar-refractivity contribution in [3.63, 3.8) is 0 Å². The van der Waals surface area contributed by atoms with Crippen molar-refractivity contribution < 1.29 is 18.3 Å². The Bertz CT molecular complexity index is 1140. The van der Waals surface area contributed by atoms with Gasteiger partial charge in [-0.05, 0) is 55.0 Å². The average Bonchev–Trinajstić information content (AvgIpc) is 3.11. The van der Waals surface area contributed by atoms with E-state index in [-0.39, 0.29) is 18.3 Å². The molecule has 0 fully saturated rings. The zero-order valence-electron chi connectivity index (χ0n) is 15.1. The maximum absolute atomic E-state index is 12.9. The summed E-state index contributed by atoms with van der Waals surface area (Å²) >= 11 is 0. The van der Waals surface area contributed by atoms with Gasteiger partial charge in [0, 0.05) is 17.3 Å². The Kier molecular flexibility index (Phi) is 4.76. The highest BCUT2D eigenvalue weighted by atomic mass is 19.1. The zero-order chi connectivity index (χ0) is 19.5. The summed E-state index contributed by atoms with van der Waals surface area (Å²) in [5.41, 5.74) is 3.86. The van der Waals surface area contributed by atoms with E-state index in [9.17, 15) is 9.18 Å². The van der Waals surface area contributed by atoms with Crippen LogP contribution in [0.4, 0.5) is 10.1 Å². The van der Waals surface area contributed by atoms with Crippen LogP contribution in [0.3, 0.4) is 0 Å². The fraction of sp³-hybridized carbons (Fsp3) is 0.0909. The molecule has 1 amide bonds. The molecule has 0 atom stereocenters. The average molecular weight is 376 g/mol. The molecule has 4 rings (SSSR count). The van der Waals surface area contributed by atoms with Gasteiger partial charge in [-0.3, -0.25) is 4.79 Å². The molecule has 3 aromatic carbocycles. The third kappa shape index (κ3) is 3.86. The number of nitrogens with one attached hydrogen (secondary N) is 1. The number of halogens is 1. The van der Waals surface area contributed by atoms with Crippen molar-refractivity contribution in [3.8, 4) is 17.2 Å². The van der Waals surface area contributed by atoms with Crippen molar-refractivity contribution in [2.24, 2.45) is 0 Å². The Hall–Kier alpha value is -3.67. The number of nitrogens with zero attached hydrogens (tertiary/aromatic N) is 1. The van der Waals surface area contributed by atoms with Crippen LogP contribution in [0.5, 0.6) is 5.75 Å². The minimum Gasteiger partial charge on any atom is -0.484 e. The maximum atomic E-state index is 12.9. The van der Waals surface area contributed by atoms with Crippen LogP contribution in [0.15, 0.2) is 71.1 Å². The van der Waals surface area contributed by atoms with Crippen LogP contribution >= 0.6 is 0 Å². The number of ether oxygens (including phenoxy) is 1. The second-order valence-corrected chi connectivity index (χ2v) is 6.31. The van der Waals surface area contributed by atoms with Crippen molar-refractivity contribution in [1.29, 1.82) is 0 Å². The Labute approximate surface area is 160 Å². The number of fused-ring (bicyclic) bond motifs is 1. The summed E-state index contributed by atoms with van der Waals surface area (Å²) in [6.45, 7) is 1.81. The highest BCUT2D eigenvalue weighted by Crippen LogP contribution is 2.28. The lowest BCUT2D eigenvalue weighted by Crippen LogP contribution is -2.20. The Morgan fingerprint density at radius 3 is 2.68 bits per heavy atom. The number of hydrogen-bond acceptors (Lipinski definition) is 4. The van der Waals surface area contributed by atoms with Crippen LogP contribution in [-0.2, 0) is 4.79 Å². The molecule has 5 nitrogen and oxygen atoms in total. The van der Waals surface area contributed by atoms with Crippen molar-refractivity contribution in [3.05, 3.63) is 78.1 Å². The van der Waals surface area contributed by atoms with Gasteiger partial charge in [0.15, 0.2) is 12.2 Å². The van der Waals surface area contributed by atoms with Crippen molar-refractivity contribution in [1.82, 2.24) is 4.98 Å². The minimum absolute atomic E-state index is 0.186. The molecule has 6 heteroatoms. The van der Waals surface area contributed by atoms with E-state index >= 15 is 0 Å². The van der Waals surface area contributed by atoms with Crippen LogP contribution in [0.2, 0.25) is 0 Å². The molecule has 1 heterocycles. The number of oxazole rings is 1. The molecule has 0 unspecified atom stereocenters. The highest BCUT2D eigenvalue weighted by Gasteiger charge is 2.11. The first-order valence-corrected chi connectivity index (χ1v) is 8.73. The standard InChI is InChI=1S/C22H17FN2O3/c1-14-4-2-3-5-18(14)22-25-19-11-8-16(12-20(19)28-22)24-21(26)13-27-17-9-6-15(23)7-10-17/h2-12H,13H2,1H3,(H,24,26). The number of carbonyl (C=O) groups excluding carboxylic acids is 1. The van der Waals surface area contributed by atoms with Crippen LogP contribution in [0.1, 0.15) is 5.56 Å². The quantitative estimate of drug-likeness (QED) is 0.535. The largest absolute Gasteiger partial charge is 0.484 e. The van der Waals surface area contributed by atoms with E-state index in [1.54, 1.807) is 18.2 Å². The van der Waals surface area contributed by atoms with E-state index in [0.29, 0.717) is 28.4 Å². The summed E-state index contributed by atoms with van der Waals surface area (Å²) < 4.78 is 24.1. The van der Waals surface area contributed by atoms with Gasteiger partial charge in [-0.15, -0.1) is 0 Å². The van der Waals surface area contributed by atoms with Gasteiger partial charge in [-0.2, -0.15) is 0 Å². The van der Waals surface area contributed by atoms with Gasteiger partial charge < -0.3 is 14.5 Å². The van der Waals surface area contributed by atoms with E-state index in [1.807, 2.05) is 31.2 Å². The molecule has 0 bridgehead atoms. The van der Waals surface area contributed by atoms with Crippen LogP contribution in [-0.4, -0.2) is 17.5 Å². The van der Waals surface area contributed by atoms with Crippen molar-refractivity contribution in [2.75, 3.05) is 11.9 Å². The first kappa shape index (κ1) is 17.7. The van der Waals surface area contributed by atoms with Gasteiger partial charge in [0.2, 0.25) is 5.89 Å². The number of aryl methyl sites for hydroxylation is 1. The zero-order valence-corrected chi connectivity index (χ0v) is 15.1. The van der Waals surface area contributed by atoms with Gasteiger partial charge in [-0.1, -0.05) is 18.2 Å². The lowest BCUT2D eigenvalue weighted by atomic mass is 10.1. The molecule has 0 aliphatic carbocycles. The van der Waals surface area contributed by atoms with Crippen LogP contribution < -0.4 is 10.1 Å². The topological polar surface area (TPSA) is 64.4 Å². The van der Waals surface area contributed by atoms with Gasteiger partial charge >= 0.3 is 0 Å². The molecule has 0 aliphatic heterocycles. The van der Waals surface area contributed by atoms with Crippen molar-refractivity contribution in [2.45, 2.75) is 6.92 Å². The molecule has 0 saturated heterocycles. The fourth-order valence-corrected chi connectivity index (χ4v) is 2.81. The maximum Gasteiger partial charge on any atom is 0.262 e. The molecule has 0 saturated carbocycles. The molecule has 0 aliphatic rings. The first-order chi connectivity index (χ1) is 13.6. The third-order valence-corrected chi connectivity index (χ3v) is 4.23. The minimum atomic E-state index is -0.359. The summed E-state index contributed by atoms with van der Waals surface area (Å²) in [6, 6.07) is 18.6. The van der Waals surface area contributed by atoms with Crippen molar-refractivity contribution >= 4 is 22.7 Å². The first-order valence-electron chi connectivity index (χ1n) is 8.73. The number of rotatable bonds is 5. The molecule has 1 N–H and O–H groups in total. The summed E-state index contributed by atoms with van der Waals surface area (Å²) in [7, 11) is 0. The molecule has 0 spiro atoms. The SMILES string of the molecule is Cc1ccccc1-c1nc2ccc(NC(=O)COc3ccc(F)cc3)cc2o1. The lowest BCUT2D eigenvalue weighted by Gasteiger charge is -2.07. The molecule has 140 valence electrons. The molecule has 28 heavy (non-hydrogen) atoms. The molecule has 4 aromatic rings. The predicted octanol–water partition coefficient (Wildman–Crippen LogP) is 4.96. The second-order valence-electron chi connectivity index (χ2n) is 6.31. The Balaban J connectivity index is 1.46. The summed E-state index contributed by atoms with van der Waals surface area (Å²) in [5.74, 6) is 0.269. The molecule has 1 aromatic heterocycles. The normalized spacial score (nSPS) is 10.8. The van der Waals surface area contributed by atoms with E-state index in [0.717, 1.165) is 11.1 Å². The highest BCUT2D eigenvalue weighted by molar-refractivity contribution is 5.94. The Morgan fingerprint density at radius 1 is 1.11 bits per heavy atom. The van der Waals surface area contributed by atoms with Crippen LogP contribution in [0, 0.1) is 12.7 Å². The molecule has 0 radical (unpaired) electrons. The van der Waals surface area contributed by atoms with Gasteiger partial charge in [0.25, 0.3) is 5.91 Å². The van der Waals surface area contributed by atoms with Gasteiger partial charge in [-0.25, -0.2) is 9.37 Å². The second kappa shape index (κ2) is 7.52. The van der Waals surface area contributed by atoms with E-state index in [2.05, 4.69) is 10.3 Å². The van der Waals surface area contributed by atoms with Gasteiger partial charge in [0.05, 0.1) is 0 Å². The number of benzene rings is 3. The fourth-order valence-electron chi connectivity index (χ4n) is 2.81. The van der Waals surface area contributed by atoms with Crippen LogP contribution in [0.25, 0.3) is 22.6 Å². The number of carbonyl (C=O) groups is 1. The summed E-state index contributed by atoms with van der Waals surface area (Å²) in [4.78, 5) is 16.6. The number of hydrogen-bond donors (Lipinski definition) is 1. The monoisotopic (exact) mass is 376 g/mol. The summed E-state index contributed by atoms with van der Waals surface area (Å²) in [6.07, 6.45) is 0. The number of amides is 1. The molecular formula is C22H17FN2O3. The van der Waals surface area contributed by atoms with E-state index < -0.39 is 0 Å². The smallest absolute Gasteiger partial charge is 0.262 e. The van der Waals surface area contributed by atoms with E-state index in [4.69, 9.17) is 9.15 Å². The van der Waals surface area contributed by atoms with Gasteiger partial charge in [0.1, 0.15) is 17.1 Å². The lowest BCUT2D eigenvalue weighted by molar-refractivity contribution is -0.118. The third-order valence-electron chi connectivity index (χ3n) is 4.23. The predicted molar refractivity (Wildman–Crippen MR) is 105 cm³/mol. The Morgan fingerprint density at radius 2 is 1.89 bits per heavy atom. The number of anilines is 1. The summed E-state index contributed by atoms with van der Waals surface area (Å²) in [5, 5.41) is 2.75.